The molecule has 4 aromatic heterocycles. The number of hydrogen-bond acceptors (Lipinski definition) is 8. The predicted octanol–water partition coefficient (Wildman–Crippen LogP) is 3.45. The van der Waals surface area contributed by atoms with Gasteiger partial charge in [-0.25, -0.2) is 9.97 Å². The normalized spacial score (nSPS) is 15.9. The summed E-state index contributed by atoms with van der Waals surface area (Å²) < 4.78 is 10.2. The van der Waals surface area contributed by atoms with E-state index in [1.807, 2.05) is 41.8 Å². The average molecular weight is 421 g/mol. The minimum Gasteiger partial charge on any atom is -0.381 e. The predicted molar refractivity (Wildman–Crippen MR) is 113 cm³/mol. The number of ether oxygens (including phenoxy) is 1. The van der Waals surface area contributed by atoms with Crippen LogP contribution in [0.4, 0.5) is 11.6 Å². The number of aromatic nitrogens is 6. The average Bonchev–Trinajstić information content (AvgIpc) is 3.49. The van der Waals surface area contributed by atoms with Crippen molar-refractivity contribution in [1.29, 1.82) is 5.26 Å². The molecule has 0 spiro atoms. The summed E-state index contributed by atoms with van der Waals surface area (Å²) in [6.07, 6.45) is 9.37. The molecule has 1 aliphatic rings. The zero-order chi connectivity index (χ0) is 20.6. The summed E-state index contributed by atoms with van der Waals surface area (Å²) in [5, 5.41) is 23.4. The number of nitrogens with one attached hydrogen (secondary N) is 1. The van der Waals surface area contributed by atoms with Crippen molar-refractivity contribution in [3.63, 3.8) is 0 Å². The number of aryl methyl sites for hydroxylation is 1. The summed E-state index contributed by atoms with van der Waals surface area (Å²) >= 11 is 1.60. The molecule has 0 radical (unpaired) electrons. The maximum atomic E-state index is 9.39. The fourth-order valence-corrected chi connectivity index (χ4v) is 4.66. The lowest BCUT2D eigenvalue weighted by Gasteiger charge is -2.35. The molecule has 0 aliphatic carbocycles. The molecule has 1 fully saturated rings. The first-order chi connectivity index (χ1) is 14.7. The van der Waals surface area contributed by atoms with Gasteiger partial charge < -0.3 is 10.1 Å². The molecule has 0 aromatic carbocycles. The Hall–Kier alpha value is -3.29. The number of rotatable bonds is 5. The molecule has 1 aliphatic heterocycles. The lowest BCUT2D eigenvalue weighted by molar-refractivity contribution is 0.0172. The molecule has 0 atom stereocenters. The van der Waals surface area contributed by atoms with Crippen LogP contribution in [0, 0.1) is 11.3 Å². The van der Waals surface area contributed by atoms with Crippen molar-refractivity contribution in [2.24, 2.45) is 7.05 Å². The van der Waals surface area contributed by atoms with Crippen LogP contribution >= 0.6 is 11.3 Å². The van der Waals surface area contributed by atoms with Crippen molar-refractivity contribution in [3.8, 4) is 17.3 Å². The Labute approximate surface area is 176 Å². The Morgan fingerprint density at radius 3 is 2.87 bits per heavy atom. The summed E-state index contributed by atoms with van der Waals surface area (Å²) in [5.74, 6) is 0.509. The van der Waals surface area contributed by atoms with Crippen LogP contribution in [0.5, 0.6) is 0 Å². The lowest BCUT2D eigenvalue weighted by Crippen LogP contribution is -2.39. The van der Waals surface area contributed by atoms with Crippen molar-refractivity contribution < 1.29 is 4.74 Å². The largest absolute Gasteiger partial charge is 0.381 e. The first kappa shape index (κ1) is 18.7. The maximum absolute atomic E-state index is 9.39. The van der Waals surface area contributed by atoms with Gasteiger partial charge in [0.05, 0.1) is 52.0 Å². The molecule has 152 valence electrons. The summed E-state index contributed by atoms with van der Waals surface area (Å²) in [6.45, 7) is 1.28. The van der Waals surface area contributed by atoms with Crippen molar-refractivity contribution >= 4 is 33.2 Å². The Kier molecular flexibility index (Phi) is 4.69. The highest BCUT2D eigenvalue weighted by molar-refractivity contribution is 7.17. The molecule has 1 saturated heterocycles. The van der Waals surface area contributed by atoms with Crippen LogP contribution in [0.25, 0.3) is 21.5 Å². The SMILES string of the molecule is Cn1cc(Nc2nc(-c3cnn(C4(CC#N)CCOCC4)c3)c3sccc3n2)cn1. The fourth-order valence-electron chi connectivity index (χ4n) is 3.82. The van der Waals surface area contributed by atoms with Crippen LogP contribution in [0.1, 0.15) is 19.3 Å². The number of hydrogen-bond donors (Lipinski definition) is 1. The highest BCUT2D eigenvalue weighted by atomic mass is 32.1. The molecule has 0 bridgehead atoms. The molecule has 9 nitrogen and oxygen atoms in total. The monoisotopic (exact) mass is 420 g/mol. The molecule has 0 amide bonds. The van der Waals surface area contributed by atoms with Crippen LogP contribution in [0.15, 0.2) is 36.2 Å². The van der Waals surface area contributed by atoms with Gasteiger partial charge >= 0.3 is 0 Å². The second-order valence-electron chi connectivity index (χ2n) is 7.40. The third-order valence-corrected chi connectivity index (χ3v) is 6.35. The van der Waals surface area contributed by atoms with Gasteiger partial charge in [0.2, 0.25) is 5.95 Å². The Morgan fingerprint density at radius 2 is 2.10 bits per heavy atom. The number of thiophene rings is 1. The van der Waals surface area contributed by atoms with Crippen LogP contribution in [-0.4, -0.2) is 42.7 Å². The second kappa shape index (κ2) is 7.51. The van der Waals surface area contributed by atoms with E-state index in [0.717, 1.165) is 40.0 Å². The van der Waals surface area contributed by atoms with Crippen LogP contribution in [0.3, 0.4) is 0 Å². The van der Waals surface area contributed by atoms with Gasteiger partial charge in [-0.15, -0.1) is 11.3 Å². The molecule has 4 aromatic rings. The Bertz CT molecular complexity index is 1230. The second-order valence-corrected chi connectivity index (χ2v) is 8.32. The third-order valence-electron chi connectivity index (χ3n) is 5.44. The third kappa shape index (κ3) is 3.32. The van der Waals surface area contributed by atoms with E-state index in [-0.39, 0.29) is 5.54 Å². The quantitative estimate of drug-likeness (QED) is 0.527. The number of nitriles is 1. The number of anilines is 2. The van der Waals surface area contributed by atoms with Gasteiger partial charge in [-0.05, 0) is 24.3 Å². The van der Waals surface area contributed by atoms with Gasteiger partial charge in [0.25, 0.3) is 0 Å². The molecule has 0 unspecified atom stereocenters. The molecular formula is C20H20N8OS. The summed E-state index contributed by atoms with van der Waals surface area (Å²) in [6, 6.07) is 4.32. The van der Waals surface area contributed by atoms with E-state index < -0.39 is 0 Å². The van der Waals surface area contributed by atoms with E-state index in [9.17, 15) is 5.26 Å². The van der Waals surface area contributed by atoms with Crippen LogP contribution in [-0.2, 0) is 17.3 Å². The van der Waals surface area contributed by atoms with E-state index in [2.05, 4.69) is 26.6 Å². The summed E-state index contributed by atoms with van der Waals surface area (Å²) in [7, 11) is 1.86. The van der Waals surface area contributed by atoms with E-state index in [1.165, 1.54) is 0 Å². The van der Waals surface area contributed by atoms with E-state index in [4.69, 9.17) is 9.72 Å². The van der Waals surface area contributed by atoms with Gasteiger partial charge in [-0.2, -0.15) is 15.5 Å². The standard InChI is InChI=1S/C20H20N8OS/c1-27-13-15(11-22-27)24-19-25-16-2-9-30-18(16)17(26-19)14-10-23-28(12-14)20(3-6-21)4-7-29-8-5-20/h2,9-13H,3-5,7-8H2,1H3,(H,24,25,26). The van der Waals surface area contributed by atoms with Crippen molar-refractivity contribution in [3.05, 3.63) is 36.2 Å². The van der Waals surface area contributed by atoms with Gasteiger partial charge in [-0.1, -0.05) is 0 Å². The first-order valence-corrected chi connectivity index (χ1v) is 10.6. The Balaban J connectivity index is 1.55. The maximum Gasteiger partial charge on any atom is 0.228 e. The Morgan fingerprint density at radius 1 is 1.23 bits per heavy atom. The molecular weight excluding hydrogens is 400 g/mol. The zero-order valence-corrected chi connectivity index (χ0v) is 17.3. The minimum atomic E-state index is -0.330. The van der Waals surface area contributed by atoms with Crippen molar-refractivity contribution in [1.82, 2.24) is 29.5 Å². The highest BCUT2D eigenvalue weighted by Gasteiger charge is 2.35. The lowest BCUT2D eigenvalue weighted by atomic mass is 9.87. The topological polar surface area (TPSA) is 106 Å². The molecule has 10 heteroatoms. The van der Waals surface area contributed by atoms with Gasteiger partial charge in [0.1, 0.15) is 0 Å². The van der Waals surface area contributed by atoms with E-state index in [0.29, 0.717) is 25.6 Å². The first-order valence-electron chi connectivity index (χ1n) is 9.68. The van der Waals surface area contributed by atoms with Crippen LogP contribution in [0.2, 0.25) is 0 Å². The smallest absolute Gasteiger partial charge is 0.228 e. The van der Waals surface area contributed by atoms with E-state index >= 15 is 0 Å². The van der Waals surface area contributed by atoms with Gasteiger partial charge in [0.15, 0.2) is 0 Å². The highest BCUT2D eigenvalue weighted by Crippen LogP contribution is 2.36. The fraction of sp³-hybridized carbons (Fsp3) is 0.350. The van der Waals surface area contributed by atoms with Gasteiger partial charge in [-0.3, -0.25) is 9.36 Å². The number of fused-ring (bicyclic) bond motifs is 1. The molecule has 5 heterocycles. The van der Waals surface area contributed by atoms with Crippen molar-refractivity contribution in [2.45, 2.75) is 24.8 Å². The molecule has 5 rings (SSSR count). The molecule has 1 N–H and O–H groups in total. The minimum absolute atomic E-state index is 0.330. The van der Waals surface area contributed by atoms with Crippen molar-refractivity contribution in [2.75, 3.05) is 18.5 Å². The van der Waals surface area contributed by atoms with Gasteiger partial charge in [0, 0.05) is 38.2 Å². The van der Waals surface area contributed by atoms with E-state index in [1.54, 1.807) is 22.2 Å². The molecule has 0 saturated carbocycles. The summed E-state index contributed by atoms with van der Waals surface area (Å²) in [4.78, 5) is 9.41. The van der Waals surface area contributed by atoms with Crippen LogP contribution < -0.4 is 5.32 Å². The number of nitrogens with zero attached hydrogens (tertiary/aromatic N) is 7. The summed E-state index contributed by atoms with van der Waals surface area (Å²) in [5.41, 5.74) is 3.10. The zero-order valence-electron chi connectivity index (χ0n) is 16.4. The molecule has 30 heavy (non-hydrogen) atoms.